The van der Waals surface area contributed by atoms with Crippen LogP contribution in [0, 0.1) is 0 Å². The Balaban J connectivity index is 1.62. The zero-order valence-corrected chi connectivity index (χ0v) is 16.3. The number of carbonyl (C=O) groups excluding carboxylic acids is 2. The van der Waals surface area contributed by atoms with Crippen molar-refractivity contribution in [3.63, 3.8) is 0 Å². The van der Waals surface area contributed by atoms with E-state index in [0.717, 1.165) is 30.5 Å². The number of ether oxygens (including phenoxy) is 1. The summed E-state index contributed by atoms with van der Waals surface area (Å²) in [6, 6.07) is 13.7. The first-order valence-corrected chi connectivity index (χ1v) is 9.54. The standard InChI is InChI=1S/C21H22F3N3O3/c1-27(19(14-5-3-2-4-6-14)20(29)26-16-7-8-16)13-18(28)25-15-9-11-17(12-10-15)30-21(22,23)24/h2-6,9-12,16,19H,7-8,13H2,1H3,(H,25,28)(H,26,29)/p+1/t19-/m0/s1. The largest absolute Gasteiger partial charge is 0.573 e. The molecule has 0 heterocycles. The second-order valence-electron chi connectivity index (χ2n) is 7.27. The molecule has 0 saturated heterocycles. The molecule has 160 valence electrons. The fraction of sp³-hybridized carbons (Fsp3) is 0.333. The molecule has 2 amide bonds. The topological polar surface area (TPSA) is 71.9 Å². The van der Waals surface area contributed by atoms with Crippen LogP contribution in [0.25, 0.3) is 0 Å². The number of likely N-dealkylation sites (N-methyl/N-ethyl adjacent to an activating group) is 1. The Bertz CT molecular complexity index is 869. The smallest absolute Gasteiger partial charge is 0.406 e. The molecule has 1 saturated carbocycles. The maximum atomic E-state index is 12.8. The first-order chi connectivity index (χ1) is 14.2. The van der Waals surface area contributed by atoms with E-state index in [1.54, 1.807) is 7.05 Å². The van der Waals surface area contributed by atoms with E-state index in [9.17, 15) is 22.8 Å². The minimum atomic E-state index is -4.77. The second kappa shape index (κ2) is 9.17. The summed E-state index contributed by atoms with van der Waals surface area (Å²) < 4.78 is 40.5. The Morgan fingerprint density at radius 1 is 1.10 bits per heavy atom. The van der Waals surface area contributed by atoms with Crippen LogP contribution in [0.4, 0.5) is 18.9 Å². The summed E-state index contributed by atoms with van der Waals surface area (Å²) in [5.41, 5.74) is 1.13. The average molecular weight is 422 g/mol. The Hall–Kier alpha value is -3.07. The van der Waals surface area contributed by atoms with Gasteiger partial charge in [0, 0.05) is 17.3 Å². The van der Waals surface area contributed by atoms with E-state index in [1.165, 1.54) is 12.1 Å². The van der Waals surface area contributed by atoms with Gasteiger partial charge < -0.3 is 20.3 Å². The summed E-state index contributed by atoms with van der Waals surface area (Å²) in [7, 11) is 1.75. The quantitative estimate of drug-likeness (QED) is 0.610. The molecule has 0 spiro atoms. The fourth-order valence-corrected chi connectivity index (χ4v) is 3.12. The van der Waals surface area contributed by atoms with Gasteiger partial charge in [0.1, 0.15) is 5.75 Å². The van der Waals surface area contributed by atoms with E-state index < -0.39 is 12.4 Å². The maximum absolute atomic E-state index is 12.8. The highest BCUT2D eigenvalue weighted by Crippen LogP contribution is 2.24. The summed E-state index contributed by atoms with van der Waals surface area (Å²) in [5.74, 6) is -0.871. The van der Waals surface area contributed by atoms with Crippen molar-refractivity contribution >= 4 is 17.5 Å². The number of nitrogens with one attached hydrogen (secondary N) is 3. The molecule has 3 N–H and O–H groups in total. The van der Waals surface area contributed by atoms with Crippen LogP contribution in [0.2, 0.25) is 0 Å². The van der Waals surface area contributed by atoms with Gasteiger partial charge in [0.05, 0.1) is 7.05 Å². The van der Waals surface area contributed by atoms with Gasteiger partial charge >= 0.3 is 6.36 Å². The van der Waals surface area contributed by atoms with Crippen molar-refractivity contribution in [1.82, 2.24) is 5.32 Å². The minimum absolute atomic E-state index is 0.00154. The molecule has 1 unspecified atom stereocenters. The van der Waals surface area contributed by atoms with E-state index in [4.69, 9.17) is 0 Å². The van der Waals surface area contributed by atoms with Gasteiger partial charge in [-0.2, -0.15) is 0 Å². The summed E-state index contributed by atoms with van der Waals surface area (Å²) >= 11 is 0. The molecule has 1 aliphatic rings. The first-order valence-electron chi connectivity index (χ1n) is 9.54. The highest BCUT2D eigenvalue weighted by Gasteiger charge is 2.34. The van der Waals surface area contributed by atoms with Gasteiger partial charge in [-0.1, -0.05) is 30.3 Å². The summed E-state index contributed by atoms with van der Waals surface area (Å²) in [4.78, 5) is 25.9. The monoisotopic (exact) mass is 422 g/mol. The van der Waals surface area contributed by atoms with Gasteiger partial charge in [-0.3, -0.25) is 9.59 Å². The normalized spacial score (nSPS) is 15.7. The highest BCUT2D eigenvalue weighted by molar-refractivity contribution is 5.91. The van der Waals surface area contributed by atoms with Gasteiger partial charge in [0.2, 0.25) is 0 Å². The predicted molar refractivity (Wildman–Crippen MR) is 104 cm³/mol. The molecule has 0 radical (unpaired) electrons. The molecular formula is C21H23F3N3O3+. The van der Waals surface area contributed by atoms with E-state index in [2.05, 4.69) is 15.4 Å². The van der Waals surface area contributed by atoms with E-state index in [-0.39, 0.29) is 30.2 Å². The number of anilines is 1. The van der Waals surface area contributed by atoms with Crippen LogP contribution in [-0.2, 0) is 9.59 Å². The summed E-state index contributed by atoms with van der Waals surface area (Å²) in [6.45, 7) is -0.00154. The average Bonchev–Trinajstić information content (AvgIpc) is 3.47. The van der Waals surface area contributed by atoms with Crippen molar-refractivity contribution in [2.75, 3.05) is 18.9 Å². The molecule has 1 fully saturated rings. The first kappa shape index (κ1) is 21.6. The predicted octanol–water partition coefficient (Wildman–Crippen LogP) is 2.06. The van der Waals surface area contributed by atoms with E-state index in [1.807, 2.05) is 30.3 Å². The molecule has 2 aromatic rings. The third-order valence-corrected chi connectivity index (χ3v) is 4.62. The lowest BCUT2D eigenvalue weighted by atomic mass is 10.0. The van der Waals surface area contributed by atoms with Crippen LogP contribution in [-0.4, -0.2) is 37.8 Å². The number of hydrogen-bond donors (Lipinski definition) is 3. The SMILES string of the molecule is C[NH+](CC(=O)Nc1ccc(OC(F)(F)F)cc1)[C@H](C(=O)NC1CC1)c1ccccc1. The number of alkyl halides is 3. The van der Waals surface area contributed by atoms with Crippen LogP contribution >= 0.6 is 0 Å². The molecule has 3 rings (SSSR count). The van der Waals surface area contributed by atoms with Gasteiger partial charge in [-0.05, 0) is 37.1 Å². The van der Waals surface area contributed by atoms with Crippen molar-refractivity contribution in [3.05, 3.63) is 60.2 Å². The number of halogens is 3. The molecule has 0 bridgehead atoms. The lowest BCUT2D eigenvalue weighted by Gasteiger charge is -2.24. The molecule has 30 heavy (non-hydrogen) atoms. The van der Waals surface area contributed by atoms with Crippen LogP contribution in [0.15, 0.2) is 54.6 Å². The molecular weight excluding hydrogens is 399 g/mol. The zero-order valence-electron chi connectivity index (χ0n) is 16.3. The molecule has 0 aromatic heterocycles. The van der Waals surface area contributed by atoms with Crippen molar-refractivity contribution in [2.45, 2.75) is 31.3 Å². The van der Waals surface area contributed by atoms with Crippen molar-refractivity contribution in [3.8, 4) is 5.75 Å². The number of quaternary nitrogens is 1. The summed E-state index contributed by atoms with van der Waals surface area (Å²) in [5, 5.41) is 5.62. The Kier molecular flexibility index (Phi) is 6.61. The molecule has 2 aromatic carbocycles. The van der Waals surface area contributed by atoms with Gasteiger partial charge in [-0.15, -0.1) is 13.2 Å². The zero-order chi connectivity index (χ0) is 21.7. The van der Waals surface area contributed by atoms with Crippen LogP contribution in [0.3, 0.4) is 0 Å². The second-order valence-corrected chi connectivity index (χ2v) is 7.27. The lowest BCUT2D eigenvalue weighted by Crippen LogP contribution is -3.11. The van der Waals surface area contributed by atoms with Gasteiger partial charge in [-0.25, -0.2) is 0 Å². The molecule has 9 heteroatoms. The van der Waals surface area contributed by atoms with Crippen molar-refractivity contribution in [2.24, 2.45) is 0 Å². The summed E-state index contributed by atoms with van der Waals surface area (Å²) in [6.07, 6.45) is -2.86. The van der Waals surface area contributed by atoms with Gasteiger partial charge in [0.25, 0.3) is 11.8 Å². The molecule has 1 aliphatic carbocycles. The number of benzene rings is 2. The Morgan fingerprint density at radius 2 is 1.73 bits per heavy atom. The lowest BCUT2D eigenvalue weighted by molar-refractivity contribution is -0.894. The molecule has 0 aliphatic heterocycles. The van der Waals surface area contributed by atoms with Crippen LogP contribution in [0.1, 0.15) is 24.4 Å². The van der Waals surface area contributed by atoms with E-state index >= 15 is 0 Å². The Morgan fingerprint density at radius 3 is 2.30 bits per heavy atom. The number of carbonyl (C=O) groups is 2. The Labute approximate surface area is 172 Å². The number of rotatable bonds is 8. The van der Waals surface area contributed by atoms with Crippen LogP contribution < -0.4 is 20.3 Å². The van der Waals surface area contributed by atoms with E-state index in [0.29, 0.717) is 10.6 Å². The molecule has 6 nitrogen and oxygen atoms in total. The fourth-order valence-electron chi connectivity index (χ4n) is 3.12. The highest BCUT2D eigenvalue weighted by atomic mass is 19.4. The number of amides is 2. The number of hydrogen-bond acceptors (Lipinski definition) is 3. The minimum Gasteiger partial charge on any atom is -0.406 e. The van der Waals surface area contributed by atoms with Crippen molar-refractivity contribution < 1.29 is 32.4 Å². The van der Waals surface area contributed by atoms with Gasteiger partial charge in [0.15, 0.2) is 12.6 Å². The van der Waals surface area contributed by atoms with Crippen molar-refractivity contribution in [1.29, 1.82) is 0 Å². The molecule has 2 atom stereocenters. The third-order valence-electron chi connectivity index (χ3n) is 4.62. The third kappa shape index (κ3) is 6.48. The maximum Gasteiger partial charge on any atom is 0.573 e. The van der Waals surface area contributed by atoms with Crippen LogP contribution in [0.5, 0.6) is 5.75 Å².